The van der Waals surface area contributed by atoms with Gasteiger partial charge in [-0.05, 0) is 35.8 Å². The summed E-state index contributed by atoms with van der Waals surface area (Å²) in [5, 5.41) is 13.2. The Labute approximate surface area is 248 Å². The van der Waals surface area contributed by atoms with Gasteiger partial charge in [-0.25, -0.2) is 9.80 Å². The summed E-state index contributed by atoms with van der Waals surface area (Å²) in [6, 6.07) is 15.4. The van der Waals surface area contributed by atoms with E-state index in [2.05, 4.69) is 11.1 Å². The van der Waals surface area contributed by atoms with Crippen LogP contribution in [-0.4, -0.2) is 98.1 Å². The van der Waals surface area contributed by atoms with E-state index >= 15 is 0 Å². The van der Waals surface area contributed by atoms with Crippen molar-refractivity contribution in [1.29, 1.82) is 0 Å². The fourth-order valence-electron chi connectivity index (χ4n) is 6.03. The highest BCUT2D eigenvalue weighted by Crippen LogP contribution is 2.34. The van der Waals surface area contributed by atoms with Gasteiger partial charge in [0.1, 0.15) is 18.0 Å². The van der Waals surface area contributed by atoms with E-state index in [0.29, 0.717) is 13.1 Å². The van der Waals surface area contributed by atoms with Crippen LogP contribution in [0, 0.1) is 0 Å². The van der Waals surface area contributed by atoms with Crippen LogP contribution >= 0.6 is 11.8 Å². The first-order valence-electron chi connectivity index (χ1n) is 14.1. The van der Waals surface area contributed by atoms with Crippen molar-refractivity contribution in [2.45, 2.75) is 43.4 Å². The Kier molecular flexibility index (Phi) is 8.03. The van der Waals surface area contributed by atoms with E-state index in [1.165, 1.54) is 5.01 Å². The number of nitrogens with zero attached hydrogens (tertiary/aromatic N) is 5. The minimum Gasteiger partial charge on any atom is -0.508 e. The molecule has 4 aliphatic rings. The SMILES string of the molecule is CCOC(=O)N1C2CN(CC3=CC=CC4SC=NC34)C(=O)C(Cc3ccc(O)cc3)N2C(=O)CN1Cc1ccccc1. The number of carbonyl (C=O) groups excluding carboxylic acids is 3. The Morgan fingerprint density at radius 3 is 2.62 bits per heavy atom. The van der Waals surface area contributed by atoms with Gasteiger partial charge in [0.15, 0.2) is 0 Å². The molecule has 3 amide bonds. The molecule has 2 aromatic carbocycles. The maximum Gasteiger partial charge on any atom is 0.426 e. The smallest absolute Gasteiger partial charge is 0.426 e. The fourth-order valence-corrected chi connectivity index (χ4v) is 6.95. The number of phenols is 1. The monoisotopic (exact) mass is 587 g/mol. The predicted octanol–water partition coefficient (Wildman–Crippen LogP) is 3.20. The Balaban J connectivity index is 1.36. The van der Waals surface area contributed by atoms with Crippen molar-refractivity contribution in [3.63, 3.8) is 0 Å². The minimum atomic E-state index is -0.839. The third-order valence-corrected chi connectivity index (χ3v) is 8.95. The summed E-state index contributed by atoms with van der Waals surface area (Å²) >= 11 is 1.65. The van der Waals surface area contributed by atoms with E-state index < -0.39 is 18.3 Å². The molecule has 1 aliphatic carbocycles. The van der Waals surface area contributed by atoms with E-state index in [4.69, 9.17) is 4.74 Å². The van der Waals surface area contributed by atoms with E-state index in [1.54, 1.807) is 57.8 Å². The van der Waals surface area contributed by atoms with E-state index in [1.807, 2.05) is 48.0 Å². The first kappa shape index (κ1) is 28.0. The molecule has 11 heteroatoms. The van der Waals surface area contributed by atoms with Crippen LogP contribution in [0.2, 0.25) is 0 Å². The standard InChI is InChI=1S/C31H33N5O5S/c1-2-41-31(40)36-27-18-33(17-23-9-6-10-26-29(23)32-20-42-26)30(39)25(15-21-11-13-24(37)14-12-21)35(27)28(38)19-34(36)16-22-7-4-3-5-8-22/h3-14,20,25-27,29,37H,2,15-19H2,1H3. The first-order valence-corrected chi connectivity index (χ1v) is 15.0. The van der Waals surface area contributed by atoms with E-state index in [-0.39, 0.29) is 55.0 Å². The molecule has 2 aromatic rings. The summed E-state index contributed by atoms with van der Waals surface area (Å²) in [5.74, 6) is -0.297. The number of carbonyl (C=O) groups is 3. The molecular weight excluding hydrogens is 554 g/mol. The Morgan fingerprint density at radius 1 is 1.07 bits per heavy atom. The zero-order valence-electron chi connectivity index (χ0n) is 23.3. The van der Waals surface area contributed by atoms with Crippen LogP contribution in [0.3, 0.4) is 0 Å². The number of amides is 3. The summed E-state index contributed by atoms with van der Waals surface area (Å²) in [6.07, 6.45) is 5.05. The number of aromatic hydroxyl groups is 1. The van der Waals surface area contributed by atoms with Gasteiger partial charge in [-0.3, -0.25) is 14.6 Å². The molecule has 0 radical (unpaired) electrons. The number of hydrogen-bond donors (Lipinski definition) is 1. The number of fused-ring (bicyclic) bond motifs is 2. The average Bonchev–Trinajstić information content (AvgIpc) is 3.47. The fraction of sp³-hybridized carbons (Fsp3) is 0.355. The molecule has 3 aliphatic heterocycles. The van der Waals surface area contributed by atoms with Crippen LogP contribution in [0.4, 0.5) is 4.79 Å². The van der Waals surface area contributed by atoms with Crippen molar-refractivity contribution in [2.24, 2.45) is 4.99 Å². The lowest BCUT2D eigenvalue weighted by Gasteiger charge is -2.55. The molecule has 6 rings (SSSR count). The maximum absolute atomic E-state index is 14.2. The lowest BCUT2D eigenvalue weighted by atomic mass is 9.95. The van der Waals surface area contributed by atoms with Crippen LogP contribution in [0.15, 0.2) is 83.4 Å². The summed E-state index contributed by atoms with van der Waals surface area (Å²) in [7, 11) is 0. The maximum atomic E-state index is 14.2. The van der Waals surface area contributed by atoms with Gasteiger partial charge in [0.25, 0.3) is 0 Å². The molecule has 0 aromatic heterocycles. The number of benzene rings is 2. The van der Waals surface area contributed by atoms with Crippen molar-refractivity contribution in [2.75, 3.05) is 26.2 Å². The number of phenolic OH excluding ortho intramolecular Hbond substituents is 1. The molecule has 0 saturated carbocycles. The molecule has 2 saturated heterocycles. The molecular formula is C31H33N5O5S. The van der Waals surface area contributed by atoms with Crippen molar-refractivity contribution >= 4 is 35.2 Å². The second kappa shape index (κ2) is 12.0. The van der Waals surface area contributed by atoms with Crippen LogP contribution < -0.4 is 0 Å². The van der Waals surface area contributed by atoms with Gasteiger partial charge in [-0.1, -0.05) is 60.7 Å². The minimum absolute atomic E-state index is 0.0508. The second-order valence-corrected chi connectivity index (χ2v) is 11.7. The van der Waals surface area contributed by atoms with Crippen molar-refractivity contribution < 1.29 is 24.2 Å². The first-order chi connectivity index (χ1) is 20.4. The van der Waals surface area contributed by atoms with Crippen LogP contribution in [0.1, 0.15) is 18.1 Å². The van der Waals surface area contributed by atoms with E-state index in [0.717, 1.165) is 16.7 Å². The zero-order valence-corrected chi connectivity index (χ0v) is 24.1. The van der Waals surface area contributed by atoms with Gasteiger partial charge in [0, 0.05) is 19.5 Å². The molecule has 3 heterocycles. The third kappa shape index (κ3) is 5.54. The van der Waals surface area contributed by atoms with Crippen LogP contribution in [0.5, 0.6) is 5.75 Å². The molecule has 0 bridgehead atoms. The number of thioether (sulfide) groups is 1. The molecule has 42 heavy (non-hydrogen) atoms. The molecule has 1 N–H and O–H groups in total. The average molecular weight is 588 g/mol. The number of hydrogen-bond acceptors (Lipinski definition) is 8. The Bertz CT molecular complexity index is 1430. The summed E-state index contributed by atoms with van der Waals surface area (Å²) < 4.78 is 5.50. The molecule has 4 unspecified atom stereocenters. The summed E-state index contributed by atoms with van der Waals surface area (Å²) in [4.78, 5) is 49.5. The topological polar surface area (TPSA) is 106 Å². The molecule has 0 spiro atoms. The van der Waals surface area contributed by atoms with Gasteiger partial charge < -0.3 is 19.6 Å². The van der Waals surface area contributed by atoms with Crippen LogP contribution in [0.25, 0.3) is 0 Å². The Morgan fingerprint density at radius 2 is 1.86 bits per heavy atom. The van der Waals surface area contributed by atoms with Crippen molar-refractivity contribution in [3.05, 3.63) is 89.5 Å². The van der Waals surface area contributed by atoms with Gasteiger partial charge in [-0.15, -0.1) is 11.8 Å². The summed E-state index contributed by atoms with van der Waals surface area (Å²) in [6.45, 7) is 2.65. The zero-order chi connectivity index (χ0) is 29.2. The molecule has 10 nitrogen and oxygen atoms in total. The largest absolute Gasteiger partial charge is 0.508 e. The Hall–Kier alpha value is -4.09. The number of ether oxygens (including phenoxy) is 1. The lowest BCUT2D eigenvalue weighted by molar-refractivity contribution is -0.195. The lowest BCUT2D eigenvalue weighted by Crippen LogP contribution is -2.76. The van der Waals surface area contributed by atoms with Crippen molar-refractivity contribution in [3.8, 4) is 5.75 Å². The highest BCUT2D eigenvalue weighted by atomic mass is 32.2. The number of hydrazine groups is 1. The van der Waals surface area contributed by atoms with Crippen molar-refractivity contribution in [1.82, 2.24) is 19.8 Å². The number of rotatable bonds is 7. The molecule has 4 atom stereocenters. The van der Waals surface area contributed by atoms with Gasteiger partial charge in [0.2, 0.25) is 11.8 Å². The van der Waals surface area contributed by atoms with Crippen LogP contribution in [-0.2, 0) is 27.3 Å². The molecule has 218 valence electrons. The normalized spacial score (nSPS) is 25.4. The van der Waals surface area contributed by atoms with Gasteiger partial charge >= 0.3 is 6.09 Å². The second-order valence-electron chi connectivity index (χ2n) is 10.7. The van der Waals surface area contributed by atoms with E-state index in [9.17, 15) is 19.5 Å². The number of allylic oxidation sites excluding steroid dienone is 2. The highest BCUT2D eigenvalue weighted by Gasteiger charge is 2.52. The molecule has 2 fully saturated rings. The highest BCUT2D eigenvalue weighted by molar-refractivity contribution is 8.13. The van der Waals surface area contributed by atoms with Gasteiger partial charge in [0.05, 0.1) is 36.5 Å². The summed E-state index contributed by atoms with van der Waals surface area (Å²) in [5.41, 5.74) is 4.61. The number of piperazine rings is 1. The predicted molar refractivity (Wildman–Crippen MR) is 159 cm³/mol. The quantitative estimate of drug-likeness (QED) is 0.531. The van der Waals surface area contributed by atoms with Gasteiger partial charge in [-0.2, -0.15) is 5.01 Å². The third-order valence-electron chi connectivity index (χ3n) is 7.97. The number of aliphatic imine (C=N–C) groups is 1.